The summed E-state index contributed by atoms with van der Waals surface area (Å²) in [6.07, 6.45) is 0. The van der Waals surface area contributed by atoms with Gasteiger partial charge in [0.25, 0.3) is 0 Å². The molecule has 0 heterocycles. The number of benzene rings is 3. The van der Waals surface area contributed by atoms with Crippen molar-refractivity contribution in [3.63, 3.8) is 0 Å². The SMILES string of the molecule is CCN(Cc1ccc(CN(C)c2ccc(C)cc2)cc1)c1ccc(C)cc1. The highest BCUT2D eigenvalue weighted by Crippen LogP contribution is 2.20. The van der Waals surface area contributed by atoms with E-state index in [1.165, 1.54) is 33.6 Å². The zero-order valence-corrected chi connectivity index (χ0v) is 16.9. The van der Waals surface area contributed by atoms with Gasteiger partial charge in [0, 0.05) is 38.1 Å². The Morgan fingerprint density at radius 1 is 0.593 bits per heavy atom. The minimum absolute atomic E-state index is 0.915. The van der Waals surface area contributed by atoms with Gasteiger partial charge in [-0.25, -0.2) is 0 Å². The minimum atomic E-state index is 0.915. The fraction of sp³-hybridized carbons (Fsp3) is 0.280. The average Bonchev–Trinajstić information content (AvgIpc) is 2.68. The number of aryl methyl sites for hydroxylation is 2. The molecule has 3 rings (SSSR count). The van der Waals surface area contributed by atoms with Crippen LogP contribution in [0.2, 0.25) is 0 Å². The summed E-state index contributed by atoms with van der Waals surface area (Å²) in [7, 11) is 2.15. The molecule has 0 amide bonds. The molecule has 0 atom stereocenters. The smallest absolute Gasteiger partial charge is 0.0429 e. The summed E-state index contributed by atoms with van der Waals surface area (Å²) in [5.41, 5.74) is 7.81. The van der Waals surface area contributed by atoms with Crippen molar-refractivity contribution in [1.29, 1.82) is 0 Å². The third-order valence-electron chi connectivity index (χ3n) is 5.07. The Morgan fingerprint density at radius 2 is 1.04 bits per heavy atom. The molecule has 0 aromatic heterocycles. The van der Waals surface area contributed by atoms with E-state index in [1.54, 1.807) is 0 Å². The van der Waals surface area contributed by atoms with Crippen molar-refractivity contribution < 1.29 is 0 Å². The summed E-state index contributed by atoms with van der Waals surface area (Å²) in [6, 6.07) is 26.5. The molecule has 2 nitrogen and oxygen atoms in total. The predicted molar refractivity (Wildman–Crippen MR) is 118 cm³/mol. The lowest BCUT2D eigenvalue weighted by Gasteiger charge is -2.24. The maximum atomic E-state index is 2.41. The van der Waals surface area contributed by atoms with Gasteiger partial charge in [-0.1, -0.05) is 59.7 Å². The van der Waals surface area contributed by atoms with Gasteiger partial charge in [0.15, 0.2) is 0 Å². The summed E-state index contributed by atoms with van der Waals surface area (Å²) in [5, 5.41) is 0. The molecule has 0 aliphatic carbocycles. The van der Waals surface area contributed by atoms with Crippen molar-refractivity contribution in [2.75, 3.05) is 23.4 Å². The van der Waals surface area contributed by atoms with Crippen molar-refractivity contribution in [1.82, 2.24) is 0 Å². The molecule has 0 aliphatic heterocycles. The molecule has 2 heteroatoms. The fourth-order valence-corrected chi connectivity index (χ4v) is 3.28. The van der Waals surface area contributed by atoms with Crippen LogP contribution in [0, 0.1) is 13.8 Å². The Balaban J connectivity index is 1.64. The van der Waals surface area contributed by atoms with Crippen LogP contribution in [0.5, 0.6) is 0 Å². The van der Waals surface area contributed by atoms with E-state index in [0.29, 0.717) is 0 Å². The van der Waals surface area contributed by atoms with E-state index in [4.69, 9.17) is 0 Å². The summed E-state index contributed by atoms with van der Waals surface area (Å²) in [5.74, 6) is 0. The number of nitrogens with zero attached hydrogens (tertiary/aromatic N) is 2. The van der Waals surface area contributed by atoms with Crippen LogP contribution < -0.4 is 9.80 Å². The summed E-state index contributed by atoms with van der Waals surface area (Å²) >= 11 is 0. The van der Waals surface area contributed by atoms with Crippen LogP contribution in [0.4, 0.5) is 11.4 Å². The second-order valence-corrected chi connectivity index (χ2v) is 7.36. The molecule has 0 aliphatic rings. The third-order valence-corrected chi connectivity index (χ3v) is 5.07. The number of hydrogen-bond donors (Lipinski definition) is 0. The molecule has 0 spiro atoms. The Morgan fingerprint density at radius 3 is 1.52 bits per heavy atom. The van der Waals surface area contributed by atoms with Crippen LogP contribution in [-0.2, 0) is 13.1 Å². The first-order valence-corrected chi connectivity index (χ1v) is 9.72. The van der Waals surface area contributed by atoms with E-state index in [9.17, 15) is 0 Å². The maximum absolute atomic E-state index is 2.41. The molecule has 0 unspecified atom stereocenters. The lowest BCUT2D eigenvalue weighted by atomic mass is 10.1. The van der Waals surface area contributed by atoms with Crippen molar-refractivity contribution in [2.24, 2.45) is 0 Å². The normalized spacial score (nSPS) is 10.7. The van der Waals surface area contributed by atoms with Gasteiger partial charge in [0.05, 0.1) is 0 Å². The van der Waals surface area contributed by atoms with Gasteiger partial charge in [-0.3, -0.25) is 0 Å². The third kappa shape index (κ3) is 5.13. The van der Waals surface area contributed by atoms with Crippen molar-refractivity contribution >= 4 is 11.4 Å². The van der Waals surface area contributed by atoms with Crippen LogP contribution >= 0.6 is 0 Å². The highest BCUT2D eigenvalue weighted by molar-refractivity contribution is 5.49. The molecule has 3 aromatic carbocycles. The molecule has 0 fully saturated rings. The Bertz CT molecular complexity index is 833. The van der Waals surface area contributed by atoms with Crippen molar-refractivity contribution in [2.45, 2.75) is 33.9 Å². The molecule has 27 heavy (non-hydrogen) atoms. The van der Waals surface area contributed by atoms with Crippen molar-refractivity contribution in [3.05, 3.63) is 95.1 Å². The summed E-state index contributed by atoms with van der Waals surface area (Å²) in [6.45, 7) is 9.32. The highest BCUT2D eigenvalue weighted by atomic mass is 15.1. The number of hydrogen-bond acceptors (Lipinski definition) is 2. The molecule has 0 radical (unpaired) electrons. The summed E-state index contributed by atoms with van der Waals surface area (Å²) in [4.78, 5) is 4.70. The monoisotopic (exact) mass is 358 g/mol. The molecule has 0 saturated carbocycles. The molecule has 140 valence electrons. The fourth-order valence-electron chi connectivity index (χ4n) is 3.28. The van der Waals surface area contributed by atoms with Crippen molar-refractivity contribution in [3.8, 4) is 0 Å². The van der Waals surface area contributed by atoms with E-state index in [2.05, 4.69) is 110 Å². The molecule has 0 N–H and O–H groups in total. The van der Waals surface area contributed by atoms with Crippen LogP contribution in [0.3, 0.4) is 0 Å². The summed E-state index contributed by atoms with van der Waals surface area (Å²) < 4.78 is 0. The van der Waals surface area contributed by atoms with Crippen LogP contribution in [0.1, 0.15) is 29.2 Å². The standard InChI is InChI=1S/C25H30N2/c1-5-27(25-16-8-21(3)9-17-25)19-23-12-10-22(11-13-23)18-26(4)24-14-6-20(2)7-15-24/h6-17H,5,18-19H2,1-4H3. The lowest BCUT2D eigenvalue weighted by Crippen LogP contribution is -2.22. The van der Waals surface area contributed by atoms with Crippen LogP contribution in [0.15, 0.2) is 72.8 Å². The van der Waals surface area contributed by atoms with E-state index >= 15 is 0 Å². The van der Waals surface area contributed by atoms with Crippen LogP contribution in [0.25, 0.3) is 0 Å². The van der Waals surface area contributed by atoms with E-state index in [-0.39, 0.29) is 0 Å². The molecule has 0 bridgehead atoms. The van der Waals surface area contributed by atoms with E-state index in [1.807, 2.05) is 0 Å². The highest BCUT2D eigenvalue weighted by Gasteiger charge is 2.06. The predicted octanol–water partition coefficient (Wildman–Crippen LogP) is 5.97. The lowest BCUT2D eigenvalue weighted by molar-refractivity contribution is 0.830. The number of anilines is 2. The second kappa shape index (κ2) is 8.77. The maximum Gasteiger partial charge on any atom is 0.0429 e. The van der Waals surface area contributed by atoms with E-state index in [0.717, 1.165) is 19.6 Å². The Kier molecular flexibility index (Phi) is 6.18. The van der Waals surface area contributed by atoms with Gasteiger partial charge < -0.3 is 9.80 Å². The Hall–Kier alpha value is -2.74. The van der Waals surface area contributed by atoms with Crippen LogP contribution in [-0.4, -0.2) is 13.6 Å². The average molecular weight is 359 g/mol. The minimum Gasteiger partial charge on any atom is -0.370 e. The van der Waals surface area contributed by atoms with Gasteiger partial charge in [-0.15, -0.1) is 0 Å². The number of rotatable bonds is 7. The first-order valence-electron chi connectivity index (χ1n) is 9.72. The second-order valence-electron chi connectivity index (χ2n) is 7.36. The molecule has 0 saturated heterocycles. The Labute approximate surface area is 164 Å². The topological polar surface area (TPSA) is 6.48 Å². The first kappa shape index (κ1) is 19.0. The van der Waals surface area contributed by atoms with Gasteiger partial charge in [0.1, 0.15) is 0 Å². The van der Waals surface area contributed by atoms with Gasteiger partial charge in [-0.05, 0) is 56.2 Å². The molecule has 3 aromatic rings. The van der Waals surface area contributed by atoms with Gasteiger partial charge in [-0.2, -0.15) is 0 Å². The largest absolute Gasteiger partial charge is 0.370 e. The zero-order chi connectivity index (χ0) is 19.2. The zero-order valence-electron chi connectivity index (χ0n) is 16.9. The van der Waals surface area contributed by atoms with Gasteiger partial charge >= 0.3 is 0 Å². The quantitative estimate of drug-likeness (QED) is 0.513. The first-order chi connectivity index (χ1) is 13.0. The van der Waals surface area contributed by atoms with E-state index < -0.39 is 0 Å². The molecular weight excluding hydrogens is 328 g/mol. The van der Waals surface area contributed by atoms with Gasteiger partial charge in [0.2, 0.25) is 0 Å². The molecular formula is C25H30N2.